The molecule has 9 heteroatoms. The average Bonchev–Trinajstić information content (AvgIpc) is 2.74. The Labute approximate surface area is 140 Å². The second kappa shape index (κ2) is 7.16. The maximum absolute atomic E-state index is 13.4. The van der Waals surface area contributed by atoms with Gasteiger partial charge in [-0.2, -0.15) is 0 Å². The van der Waals surface area contributed by atoms with Crippen LogP contribution in [-0.2, 0) is 9.47 Å². The maximum atomic E-state index is 13.4. The summed E-state index contributed by atoms with van der Waals surface area (Å²) in [6.07, 6.45) is 0.693. The Balaban J connectivity index is 2.11. The molecular formula is C15H25F2N3O4. The molecule has 0 N–H and O–H groups in total. The SMILES string of the molecule is COCCCOC1=NN(C2CCC(F)(F)CC2)C(C)(C)C1[N+](=O)[O-]. The molecule has 1 saturated carbocycles. The number of rotatable bonds is 6. The Morgan fingerprint density at radius 3 is 2.50 bits per heavy atom. The summed E-state index contributed by atoms with van der Waals surface area (Å²) in [5.41, 5.74) is -0.919. The van der Waals surface area contributed by atoms with E-state index in [1.807, 2.05) is 0 Å². The van der Waals surface area contributed by atoms with Crippen LogP contribution in [0.3, 0.4) is 0 Å². The minimum atomic E-state index is -2.65. The zero-order chi connectivity index (χ0) is 18.0. The predicted molar refractivity (Wildman–Crippen MR) is 83.8 cm³/mol. The van der Waals surface area contributed by atoms with Crippen molar-refractivity contribution in [2.45, 2.75) is 69.5 Å². The van der Waals surface area contributed by atoms with E-state index in [4.69, 9.17) is 9.47 Å². The fourth-order valence-corrected chi connectivity index (χ4v) is 3.37. The zero-order valence-corrected chi connectivity index (χ0v) is 14.3. The monoisotopic (exact) mass is 349 g/mol. The third-order valence-electron chi connectivity index (χ3n) is 4.69. The summed E-state index contributed by atoms with van der Waals surface area (Å²) in [6, 6.07) is -1.34. The number of hydrogen-bond donors (Lipinski definition) is 0. The van der Waals surface area contributed by atoms with Gasteiger partial charge in [-0.1, -0.05) is 0 Å². The summed E-state index contributed by atoms with van der Waals surface area (Å²) in [5.74, 6) is -2.59. The molecule has 1 aliphatic heterocycles. The van der Waals surface area contributed by atoms with Gasteiger partial charge in [-0.25, -0.2) is 8.78 Å². The van der Waals surface area contributed by atoms with Crippen LogP contribution < -0.4 is 0 Å². The Morgan fingerprint density at radius 2 is 1.96 bits per heavy atom. The van der Waals surface area contributed by atoms with Crippen molar-refractivity contribution in [3.63, 3.8) is 0 Å². The molecule has 0 spiro atoms. The first-order valence-electron chi connectivity index (χ1n) is 8.20. The number of ether oxygens (including phenoxy) is 2. The molecule has 0 bridgehead atoms. The third kappa shape index (κ3) is 3.93. The van der Waals surface area contributed by atoms with Crippen LogP contribution in [0.1, 0.15) is 46.0 Å². The lowest BCUT2D eigenvalue weighted by molar-refractivity contribution is -0.517. The largest absolute Gasteiger partial charge is 0.475 e. The van der Waals surface area contributed by atoms with E-state index in [2.05, 4.69) is 5.10 Å². The summed E-state index contributed by atoms with van der Waals surface area (Å²) < 4.78 is 37.2. The van der Waals surface area contributed by atoms with Crippen LogP contribution >= 0.6 is 0 Å². The summed E-state index contributed by atoms with van der Waals surface area (Å²) in [6.45, 7) is 4.18. The van der Waals surface area contributed by atoms with Crippen LogP contribution in [0.4, 0.5) is 8.78 Å². The molecule has 1 fully saturated rings. The molecule has 138 valence electrons. The van der Waals surface area contributed by atoms with Gasteiger partial charge < -0.3 is 9.47 Å². The van der Waals surface area contributed by atoms with Crippen LogP contribution in [0.2, 0.25) is 0 Å². The summed E-state index contributed by atoms with van der Waals surface area (Å²) in [4.78, 5) is 11.1. The minimum absolute atomic E-state index is 0.0541. The van der Waals surface area contributed by atoms with E-state index in [0.29, 0.717) is 13.0 Å². The smallest absolute Gasteiger partial charge is 0.312 e. The molecule has 1 aliphatic carbocycles. The van der Waals surface area contributed by atoms with Crippen molar-refractivity contribution < 1.29 is 23.2 Å². The fraction of sp³-hybridized carbons (Fsp3) is 0.933. The molecule has 1 unspecified atom stereocenters. The first-order valence-corrected chi connectivity index (χ1v) is 8.20. The molecule has 0 radical (unpaired) electrons. The first-order chi connectivity index (χ1) is 11.2. The Hall–Kier alpha value is -1.51. The lowest BCUT2D eigenvalue weighted by Crippen LogP contribution is -2.55. The van der Waals surface area contributed by atoms with E-state index >= 15 is 0 Å². The van der Waals surface area contributed by atoms with Gasteiger partial charge in [0.05, 0.1) is 6.61 Å². The predicted octanol–water partition coefficient (Wildman–Crippen LogP) is 2.67. The molecule has 0 saturated heterocycles. The highest BCUT2D eigenvalue weighted by atomic mass is 19.3. The highest BCUT2D eigenvalue weighted by molar-refractivity contribution is 5.83. The van der Waals surface area contributed by atoms with Gasteiger partial charge in [0.15, 0.2) is 0 Å². The quantitative estimate of drug-likeness (QED) is 0.418. The Morgan fingerprint density at radius 1 is 1.33 bits per heavy atom. The second-order valence-corrected chi connectivity index (χ2v) is 6.91. The summed E-state index contributed by atoms with van der Waals surface area (Å²) in [5, 5.41) is 17.4. The van der Waals surface area contributed by atoms with Gasteiger partial charge >= 0.3 is 6.04 Å². The van der Waals surface area contributed by atoms with Gasteiger partial charge in [-0.05, 0) is 26.7 Å². The van der Waals surface area contributed by atoms with Crippen molar-refractivity contribution in [2.75, 3.05) is 20.3 Å². The van der Waals surface area contributed by atoms with E-state index in [1.54, 1.807) is 26.0 Å². The fourth-order valence-electron chi connectivity index (χ4n) is 3.37. The van der Waals surface area contributed by atoms with Crippen molar-refractivity contribution in [1.82, 2.24) is 5.01 Å². The van der Waals surface area contributed by atoms with Crippen molar-refractivity contribution >= 4 is 5.90 Å². The van der Waals surface area contributed by atoms with Gasteiger partial charge in [0.2, 0.25) is 5.92 Å². The van der Waals surface area contributed by atoms with Crippen LogP contribution in [-0.4, -0.2) is 59.7 Å². The Kier molecular flexibility index (Phi) is 5.62. The van der Waals surface area contributed by atoms with Crippen molar-refractivity contribution in [3.05, 3.63) is 10.1 Å². The van der Waals surface area contributed by atoms with Crippen LogP contribution in [0.15, 0.2) is 5.10 Å². The van der Waals surface area contributed by atoms with Crippen LogP contribution in [0.25, 0.3) is 0 Å². The van der Waals surface area contributed by atoms with Crippen molar-refractivity contribution in [3.8, 4) is 0 Å². The molecule has 0 aromatic carbocycles. The third-order valence-corrected chi connectivity index (χ3v) is 4.69. The molecule has 1 atom stereocenters. The van der Waals surface area contributed by atoms with E-state index < -0.39 is 22.4 Å². The van der Waals surface area contributed by atoms with Gasteiger partial charge in [-0.15, -0.1) is 5.10 Å². The maximum Gasteiger partial charge on any atom is 0.312 e. The van der Waals surface area contributed by atoms with Crippen molar-refractivity contribution in [1.29, 1.82) is 0 Å². The molecule has 1 heterocycles. The topological polar surface area (TPSA) is 77.2 Å². The van der Waals surface area contributed by atoms with Gasteiger partial charge in [0, 0.05) is 43.9 Å². The van der Waals surface area contributed by atoms with Gasteiger partial charge in [0.1, 0.15) is 5.54 Å². The molecule has 2 aliphatic rings. The molecule has 24 heavy (non-hydrogen) atoms. The molecule has 7 nitrogen and oxygen atoms in total. The van der Waals surface area contributed by atoms with E-state index in [-0.39, 0.29) is 44.2 Å². The van der Waals surface area contributed by atoms with Gasteiger partial charge in [-0.3, -0.25) is 15.1 Å². The molecule has 0 amide bonds. The number of alkyl halides is 2. The van der Waals surface area contributed by atoms with Crippen molar-refractivity contribution in [2.24, 2.45) is 5.10 Å². The lowest BCUT2D eigenvalue weighted by Gasteiger charge is -2.40. The highest BCUT2D eigenvalue weighted by Crippen LogP contribution is 2.40. The highest BCUT2D eigenvalue weighted by Gasteiger charge is 2.56. The Bertz CT molecular complexity index is 489. The standard InChI is InChI=1S/C15H25F2N3O4/c1-14(2)12(20(21)22)13(24-10-4-9-23-3)18-19(14)11-5-7-15(16,17)8-6-11/h11-12H,4-10H2,1-3H3. The van der Waals surface area contributed by atoms with E-state index in [9.17, 15) is 18.9 Å². The summed E-state index contributed by atoms with van der Waals surface area (Å²) >= 11 is 0. The molecular weight excluding hydrogens is 324 g/mol. The van der Waals surface area contributed by atoms with Crippen LogP contribution in [0.5, 0.6) is 0 Å². The number of hydrazone groups is 1. The first kappa shape index (κ1) is 18.8. The van der Waals surface area contributed by atoms with Crippen LogP contribution in [0, 0.1) is 10.1 Å². The number of nitrogens with zero attached hydrogens (tertiary/aromatic N) is 3. The van der Waals surface area contributed by atoms with E-state index in [1.165, 1.54) is 0 Å². The summed E-state index contributed by atoms with van der Waals surface area (Å²) in [7, 11) is 1.57. The molecule has 2 rings (SSSR count). The van der Waals surface area contributed by atoms with E-state index in [0.717, 1.165) is 0 Å². The number of hydrogen-bond acceptors (Lipinski definition) is 6. The van der Waals surface area contributed by atoms with Gasteiger partial charge in [0.25, 0.3) is 5.90 Å². The number of nitro groups is 1. The normalized spacial score (nSPS) is 26.3. The average molecular weight is 349 g/mol. The number of methoxy groups -OCH3 is 1. The molecule has 0 aromatic heterocycles. The minimum Gasteiger partial charge on any atom is -0.475 e. The zero-order valence-electron chi connectivity index (χ0n) is 14.3. The lowest BCUT2D eigenvalue weighted by atomic mass is 9.87. The number of halogens is 2. The second-order valence-electron chi connectivity index (χ2n) is 6.91. The molecule has 0 aromatic rings.